The monoisotopic (exact) mass is 377 g/mol. The van der Waals surface area contributed by atoms with E-state index in [0.717, 1.165) is 11.8 Å². The topological polar surface area (TPSA) is 95.2 Å². The third-order valence-electron chi connectivity index (χ3n) is 2.34. The number of ketones is 1. The minimum atomic E-state index is -0.535. The van der Waals surface area contributed by atoms with Gasteiger partial charge < -0.3 is 10.5 Å². The third-order valence-corrected chi connectivity index (χ3v) is 4.94. The van der Waals surface area contributed by atoms with Crippen LogP contribution in [0.4, 0.5) is 5.13 Å². The first-order valence-corrected chi connectivity index (χ1v) is 8.37. The average molecular weight is 378 g/mol. The summed E-state index contributed by atoms with van der Waals surface area (Å²) in [4.78, 5) is 23.4. The Kier molecular flexibility index (Phi) is 6.01. The number of Topliss-reactive ketones (excluding diaryl/α,β-unsaturated/α-hetero) is 1. The Morgan fingerprint density at radius 2 is 2.05 bits per heavy atom. The molecular formula is C12H9Cl2N3O3S2. The maximum Gasteiger partial charge on any atom is 0.316 e. The Bertz CT molecular complexity index is 709. The maximum absolute atomic E-state index is 11.9. The number of aromatic nitrogens is 2. The number of anilines is 1. The second kappa shape index (κ2) is 7.77. The molecule has 22 heavy (non-hydrogen) atoms. The van der Waals surface area contributed by atoms with Crippen molar-refractivity contribution in [2.24, 2.45) is 0 Å². The number of thioether (sulfide) groups is 1. The molecule has 2 rings (SSSR count). The molecule has 1 heterocycles. The maximum atomic E-state index is 11.9. The lowest BCUT2D eigenvalue weighted by molar-refractivity contribution is -0.139. The van der Waals surface area contributed by atoms with Gasteiger partial charge >= 0.3 is 5.97 Å². The van der Waals surface area contributed by atoms with Crippen LogP contribution in [0.3, 0.4) is 0 Å². The van der Waals surface area contributed by atoms with Gasteiger partial charge in [-0.15, -0.1) is 10.2 Å². The molecule has 2 N–H and O–H groups in total. The van der Waals surface area contributed by atoms with E-state index in [1.54, 1.807) is 0 Å². The van der Waals surface area contributed by atoms with E-state index in [4.69, 9.17) is 33.7 Å². The molecule has 0 bridgehead atoms. The van der Waals surface area contributed by atoms with E-state index in [1.807, 2.05) is 0 Å². The Labute approximate surface area is 144 Å². The summed E-state index contributed by atoms with van der Waals surface area (Å²) >= 11 is 13.9. The molecule has 0 aliphatic heterocycles. The number of nitrogen functional groups attached to an aromatic ring is 1. The van der Waals surface area contributed by atoms with Crippen molar-refractivity contribution in [1.29, 1.82) is 0 Å². The molecule has 0 saturated carbocycles. The van der Waals surface area contributed by atoms with Crippen molar-refractivity contribution < 1.29 is 14.3 Å². The lowest BCUT2D eigenvalue weighted by atomic mass is 10.1. The molecule has 0 radical (unpaired) electrons. The summed E-state index contributed by atoms with van der Waals surface area (Å²) in [6.45, 7) is -0.365. The van der Waals surface area contributed by atoms with Gasteiger partial charge in [-0.25, -0.2) is 0 Å². The van der Waals surface area contributed by atoms with Gasteiger partial charge in [0, 0.05) is 5.56 Å². The zero-order chi connectivity index (χ0) is 16.1. The lowest BCUT2D eigenvalue weighted by Crippen LogP contribution is -2.15. The first-order valence-electron chi connectivity index (χ1n) is 5.81. The van der Waals surface area contributed by atoms with Crippen LogP contribution in [-0.4, -0.2) is 34.3 Å². The SMILES string of the molecule is Nc1nnc(SCC(=O)OCC(=O)c2ccc(Cl)c(Cl)c2)s1. The molecule has 1 aromatic carbocycles. The Hall–Kier alpha value is -1.35. The minimum Gasteiger partial charge on any atom is -0.457 e. The molecule has 1 aromatic heterocycles. The number of hydrogen-bond donors (Lipinski definition) is 1. The molecule has 10 heteroatoms. The highest BCUT2D eigenvalue weighted by atomic mass is 35.5. The van der Waals surface area contributed by atoms with E-state index in [2.05, 4.69) is 10.2 Å². The van der Waals surface area contributed by atoms with E-state index in [-0.39, 0.29) is 23.2 Å². The molecule has 0 spiro atoms. The zero-order valence-electron chi connectivity index (χ0n) is 10.9. The number of benzene rings is 1. The molecule has 0 saturated heterocycles. The smallest absolute Gasteiger partial charge is 0.316 e. The van der Waals surface area contributed by atoms with Gasteiger partial charge in [-0.2, -0.15) is 0 Å². The number of ether oxygens (including phenoxy) is 1. The Morgan fingerprint density at radius 1 is 1.27 bits per heavy atom. The number of nitrogens with two attached hydrogens (primary N) is 1. The van der Waals surface area contributed by atoms with Crippen molar-refractivity contribution in [3.05, 3.63) is 33.8 Å². The fourth-order valence-electron chi connectivity index (χ4n) is 1.34. The molecule has 0 amide bonds. The fraction of sp³-hybridized carbons (Fsp3) is 0.167. The van der Waals surface area contributed by atoms with Crippen LogP contribution in [0, 0.1) is 0 Å². The number of carbonyl (C=O) groups is 2. The number of carbonyl (C=O) groups excluding carboxylic acids is 2. The van der Waals surface area contributed by atoms with Crippen molar-refractivity contribution in [2.75, 3.05) is 18.1 Å². The van der Waals surface area contributed by atoms with Crippen LogP contribution in [0.15, 0.2) is 22.5 Å². The molecule has 116 valence electrons. The van der Waals surface area contributed by atoms with Gasteiger partial charge in [-0.1, -0.05) is 46.3 Å². The third kappa shape index (κ3) is 4.84. The molecule has 0 aliphatic rings. The van der Waals surface area contributed by atoms with Crippen LogP contribution >= 0.6 is 46.3 Å². The van der Waals surface area contributed by atoms with Crippen molar-refractivity contribution in [1.82, 2.24) is 10.2 Å². The summed E-state index contributed by atoms with van der Waals surface area (Å²) in [5.41, 5.74) is 5.75. The fourth-order valence-corrected chi connectivity index (χ4v) is 3.07. The zero-order valence-corrected chi connectivity index (χ0v) is 14.1. The van der Waals surface area contributed by atoms with Crippen LogP contribution in [0.5, 0.6) is 0 Å². The summed E-state index contributed by atoms with van der Waals surface area (Å²) < 4.78 is 5.46. The summed E-state index contributed by atoms with van der Waals surface area (Å²) in [6.07, 6.45) is 0. The van der Waals surface area contributed by atoms with Gasteiger partial charge in [0.1, 0.15) is 0 Å². The van der Waals surface area contributed by atoms with E-state index < -0.39 is 5.97 Å². The summed E-state index contributed by atoms with van der Waals surface area (Å²) in [5.74, 6) is -0.882. The average Bonchev–Trinajstić information content (AvgIpc) is 2.91. The number of nitrogens with zero attached hydrogens (tertiary/aromatic N) is 2. The second-order valence-corrected chi connectivity index (χ2v) is 6.95. The number of hydrogen-bond acceptors (Lipinski definition) is 8. The second-order valence-electron chi connectivity index (χ2n) is 3.91. The van der Waals surface area contributed by atoms with Crippen molar-refractivity contribution in [3.8, 4) is 0 Å². The van der Waals surface area contributed by atoms with Crippen LogP contribution < -0.4 is 5.73 Å². The highest BCUT2D eigenvalue weighted by Gasteiger charge is 2.13. The van der Waals surface area contributed by atoms with Crippen LogP contribution in [0.2, 0.25) is 10.0 Å². The summed E-state index contributed by atoms with van der Waals surface area (Å²) in [6, 6.07) is 4.45. The molecule has 0 fully saturated rings. The van der Waals surface area contributed by atoms with Crippen LogP contribution in [-0.2, 0) is 9.53 Å². The van der Waals surface area contributed by atoms with Gasteiger partial charge in [0.05, 0.1) is 15.8 Å². The van der Waals surface area contributed by atoms with Crippen molar-refractivity contribution in [2.45, 2.75) is 4.34 Å². The van der Waals surface area contributed by atoms with E-state index in [1.165, 1.54) is 29.5 Å². The Morgan fingerprint density at radius 3 is 2.68 bits per heavy atom. The normalized spacial score (nSPS) is 10.5. The predicted octanol–water partition coefficient (Wildman–Crippen LogP) is 2.95. The molecular weight excluding hydrogens is 369 g/mol. The largest absolute Gasteiger partial charge is 0.457 e. The number of rotatable bonds is 6. The van der Waals surface area contributed by atoms with Gasteiger partial charge in [0.2, 0.25) is 5.13 Å². The first-order chi connectivity index (χ1) is 10.5. The van der Waals surface area contributed by atoms with E-state index >= 15 is 0 Å². The summed E-state index contributed by atoms with van der Waals surface area (Å²) in [5, 5.41) is 8.31. The van der Waals surface area contributed by atoms with Crippen molar-refractivity contribution in [3.63, 3.8) is 0 Å². The number of esters is 1. The van der Waals surface area contributed by atoms with Gasteiger partial charge in [-0.3, -0.25) is 9.59 Å². The number of halogens is 2. The van der Waals surface area contributed by atoms with E-state index in [0.29, 0.717) is 20.1 Å². The molecule has 0 unspecified atom stereocenters. The van der Waals surface area contributed by atoms with E-state index in [9.17, 15) is 9.59 Å². The van der Waals surface area contributed by atoms with Gasteiger partial charge in [0.15, 0.2) is 16.7 Å². The van der Waals surface area contributed by atoms with Crippen molar-refractivity contribution >= 4 is 63.2 Å². The molecule has 0 aliphatic carbocycles. The van der Waals surface area contributed by atoms with Gasteiger partial charge in [-0.05, 0) is 18.2 Å². The molecule has 6 nitrogen and oxygen atoms in total. The van der Waals surface area contributed by atoms with Gasteiger partial charge in [0.25, 0.3) is 0 Å². The first kappa shape index (κ1) is 17.0. The van der Waals surface area contributed by atoms with Crippen LogP contribution in [0.25, 0.3) is 0 Å². The molecule has 0 atom stereocenters. The predicted molar refractivity (Wildman–Crippen MR) is 86.8 cm³/mol. The minimum absolute atomic E-state index is 0.0172. The lowest BCUT2D eigenvalue weighted by Gasteiger charge is -2.04. The summed E-state index contributed by atoms with van der Waals surface area (Å²) in [7, 11) is 0. The van der Waals surface area contributed by atoms with Crippen LogP contribution in [0.1, 0.15) is 10.4 Å². The standard InChI is InChI=1S/C12H9Cl2N3O3S2/c13-7-2-1-6(3-8(7)14)9(18)4-20-10(19)5-21-12-17-16-11(15)22-12/h1-3H,4-5H2,(H2,15,16). The quantitative estimate of drug-likeness (QED) is 0.469. The highest BCUT2D eigenvalue weighted by molar-refractivity contribution is 8.01. The highest BCUT2D eigenvalue weighted by Crippen LogP contribution is 2.24. The molecule has 2 aromatic rings. The Balaban J connectivity index is 1.80.